The molecule has 2 aromatic rings. The van der Waals surface area contributed by atoms with E-state index in [0.29, 0.717) is 51.7 Å². The maximum Gasteiger partial charge on any atom is 0.248 e. The molecule has 1 aliphatic rings. The van der Waals surface area contributed by atoms with Gasteiger partial charge in [-0.05, 0) is 42.0 Å². The number of anilines is 2. The quantitative estimate of drug-likeness (QED) is 0.738. The smallest absolute Gasteiger partial charge is 0.248 e. The molecule has 0 radical (unpaired) electrons. The van der Waals surface area contributed by atoms with E-state index in [4.69, 9.17) is 32.7 Å². The summed E-state index contributed by atoms with van der Waals surface area (Å²) in [5, 5.41) is 6.05. The van der Waals surface area contributed by atoms with Crippen molar-refractivity contribution >= 4 is 52.5 Å². The maximum absolute atomic E-state index is 12.1. The maximum atomic E-state index is 12.1. The lowest BCUT2D eigenvalue weighted by molar-refractivity contribution is -0.114. The van der Waals surface area contributed by atoms with Crippen LogP contribution in [-0.4, -0.2) is 25.0 Å². The predicted octanol–water partition coefficient (Wildman–Crippen LogP) is 4.37. The van der Waals surface area contributed by atoms with Crippen LogP contribution in [0.2, 0.25) is 10.0 Å². The number of hydrogen-bond donors (Lipinski definition) is 2. The van der Waals surface area contributed by atoms with Crippen LogP contribution in [-0.2, 0) is 9.59 Å². The fourth-order valence-corrected chi connectivity index (χ4v) is 2.97. The molecule has 2 N–H and O–H groups in total. The number of amides is 2. The van der Waals surface area contributed by atoms with Gasteiger partial charge in [-0.15, -0.1) is 0 Å². The Morgan fingerprint density at radius 1 is 1.04 bits per heavy atom. The highest BCUT2D eigenvalue weighted by Gasteiger charge is 2.16. The topological polar surface area (TPSA) is 76.7 Å². The minimum Gasteiger partial charge on any atom is -0.486 e. The van der Waals surface area contributed by atoms with Crippen molar-refractivity contribution in [3.05, 3.63) is 52.0 Å². The van der Waals surface area contributed by atoms with E-state index < -0.39 is 0 Å². The minimum atomic E-state index is -0.343. The van der Waals surface area contributed by atoms with Crippen molar-refractivity contribution in [2.75, 3.05) is 23.8 Å². The van der Waals surface area contributed by atoms with E-state index in [1.807, 2.05) is 0 Å². The number of hydrogen-bond acceptors (Lipinski definition) is 4. The average molecular weight is 407 g/mol. The van der Waals surface area contributed by atoms with Gasteiger partial charge in [0.25, 0.3) is 0 Å². The molecule has 0 atom stereocenters. The monoisotopic (exact) mass is 406 g/mol. The SMILES string of the molecule is CC(=O)Nc1ccc(NC(=O)/C=C/c2cc(Cl)c3c(c2)OCCO3)cc1Cl. The van der Waals surface area contributed by atoms with Crippen molar-refractivity contribution in [3.63, 3.8) is 0 Å². The molecule has 0 aliphatic carbocycles. The van der Waals surface area contributed by atoms with Gasteiger partial charge in [-0.2, -0.15) is 0 Å². The molecule has 8 heteroatoms. The van der Waals surface area contributed by atoms with Gasteiger partial charge in [0.05, 0.1) is 15.7 Å². The average Bonchev–Trinajstić information content (AvgIpc) is 2.62. The Labute approximate surface area is 166 Å². The number of benzene rings is 2. The van der Waals surface area contributed by atoms with Crippen LogP contribution in [0, 0.1) is 0 Å². The Morgan fingerprint density at radius 3 is 2.56 bits per heavy atom. The fourth-order valence-electron chi connectivity index (χ4n) is 2.47. The third kappa shape index (κ3) is 4.93. The Kier molecular flexibility index (Phi) is 5.88. The molecule has 2 aromatic carbocycles. The molecular weight excluding hydrogens is 391 g/mol. The van der Waals surface area contributed by atoms with E-state index in [0.717, 1.165) is 0 Å². The highest BCUT2D eigenvalue weighted by Crippen LogP contribution is 2.38. The summed E-state index contributed by atoms with van der Waals surface area (Å²) in [5.74, 6) is 0.492. The van der Waals surface area contributed by atoms with Gasteiger partial charge >= 0.3 is 0 Å². The zero-order chi connectivity index (χ0) is 19.4. The van der Waals surface area contributed by atoms with Crippen LogP contribution < -0.4 is 20.1 Å². The molecule has 1 aliphatic heterocycles. The molecular formula is C19H16Cl2N2O4. The molecule has 0 saturated heterocycles. The third-order valence-electron chi connectivity index (χ3n) is 3.59. The highest BCUT2D eigenvalue weighted by molar-refractivity contribution is 6.34. The van der Waals surface area contributed by atoms with Crippen molar-refractivity contribution in [2.45, 2.75) is 6.92 Å². The number of carbonyl (C=O) groups is 2. The van der Waals surface area contributed by atoms with Crippen LogP contribution in [0.3, 0.4) is 0 Å². The zero-order valence-corrected chi connectivity index (χ0v) is 15.9. The number of nitrogens with one attached hydrogen (secondary N) is 2. The van der Waals surface area contributed by atoms with E-state index in [9.17, 15) is 9.59 Å². The van der Waals surface area contributed by atoms with Crippen LogP contribution in [0.4, 0.5) is 11.4 Å². The summed E-state index contributed by atoms with van der Waals surface area (Å²) in [6.07, 6.45) is 2.99. The molecule has 0 fully saturated rings. The molecule has 6 nitrogen and oxygen atoms in total. The first-order chi connectivity index (χ1) is 12.9. The van der Waals surface area contributed by atoms with Crippen molar-refractivity contribution in [3.8, 4) is 11.5 Å². The van der Waals surface area contributed by atoms with E-state index in [-0.39, 0.29) is 11.8 Å². The number of fused-ring (bicyclic) bond motifs is 1. The normalized spacial score (nSPS) is 12.7. The summed E-state index contributed by atoms with van der Waals surface area (Å²) in [6.45, 7) is 2.29. The van der Waals surface area contributed by atoms with Gasteiger partial charge in [-0.25, -0.2) is 0 Å². The van der Waals surface area contributed by atoms with E-state index >= 15 is 0 Å². The summed E-state index contributed by atoms with van der Waals surface area (Å²) in [6, 6.07) is 8.26. The minimum absolute atomic E-state index is 0.227. The van der Waals surface area contributed by atoms with Crippen LogP contribution >= 0.6 is 23.2 Å². The summed E-state index contributed by atoms with van der Waals surface area (Å²) < 4.78 is 11.0. The number of halogens is 2. The summed E-state index contributed by atoms with van der Waals surface area (Å²) in [7, 11) is 0. The first kappa shape index (κ1) is 19.1. The summed E-state index contributed by atoms with van der Waals surface area (Å²) in [5.41, 5.74) is 1.69. The van der Waals surface area contributed by atoms with E-state index in [1.54, 1.807) is 36.4 Å². The number of ether oxygens (including phenoxy) is 2. The molecule has 3 rings (SSSR count). The number of rotatable bonds is 4. The van der Waals surface area contributed by atoms with Crippen LogP contribution in [0.15, 0.2) is 36.4 Å². The van der Waals surface area contributed by atoms with Crippen LogP contribution in [0.25, 0.3) is 6.08 Å². The second-order valence-electron chi connectivity index (χ2n) is 5.73. The predicted molar refractivity (Wildman–Crippen MR) is 106 cm³/mol. The molecule has 0 unspecified atom stereocenters. The second kappa shape index (κ2) is 8.33. The van der Waals surface area contributed by atoms with Crippen molar-refractivity contribution in [2.24, 2.45) is 0 Å². The van der Waals surface area contributed by atoms with Crippen molar-refractivity contribution in [1.29, 1.82) is 0 Å². The first-order valence-corrected chi connectivity index (χ1v) is 8.83. The van der Waals surface area contributed by atoms with Gasteiger partial charge in [0, 0.05) is 18.7 Å². The Morgan fingerprint density at radius 2 is 1.81 bits per heavy atom. The lowest BCUT2D eigenvalue weighted by atomic mass is 10.1. The summed E-state index contributed by atoms with van der Waals surface area (Å²) in [4.78, 5) is 23.2. The zero-order valence-electron chi connectivity index (χ0n) is 14.3. The van der Waals surface area contributed by atoms with E-state index in [2.05, 4.69) is 10.6 Å². The van der Waals surface area contributed by atoms with Gasteiger partial charge in [0.15, 0.2) is 11.5 Å². The van der Waals surface area contributed by atoms with Gasteiger partial charge in [-0.3, -0.25) is 9.59 Å². The molecule has 0 aromatic heterocycles. The van der Waals surface area contributed by atoms with Crippen LogP contribution in [0.5, 0.6) is 11.5 Å². The Hall–Kier alpha value is -2.70. The third-order valence-corrected chi connectivity index (χ3v) is 4.19. The molecule has 0 saturated carbocycles. The molecule has 1 heterocycles. The van der Waals surface area contributed by atoms with Gasteiger partial charge in [0.2, 0.25) is 11.8 Å². The molecule has 0 bridgehead atoms. The molecule has 27 heavy (non-hydrogen) atoms. The summed E-state index contributed by atoms with van der Waals surface area (Å²) >= 11 is 12.3. The highest BCUT2D eigenvalue weighted by atomic mass is 35.5. The lowest BCUT2D eigenvalue weighted by Gasteiger charge is -2.19. The first-order valence-electron chi connectivity index (χ1n) is 8.08. The van der Waals surface area contributed by atoms with Gasteiger partial charge in [-0.1, -0.05) is 23.2 Å². The van der Waals surface area contributed by atoms with Crippen molar-refractivity contribution in [1.82, 2.24) is 0 Å². The Balaban J connectivity index is 1.68. The molecule has 0 spiro atoms. The molecule has 140 valence electrons. The van der Waals surface area contributed by atoms with Crippen molar-refractivity contribution < 1.29 is 19.1 Å². The Bertz CT molecular complexity index is 928. The van der Waals surface area contributed by atoms with E-state index in [1.165, 1.54) is 13.0 Å². The standard InChI is InChI=1S/C19H16Cl2N2O4/c1-11(24)22-16-4-3-13(10-14(16)20)23-18(25)5-2-12-8-15(21)19-17(9-12)26-6-7-27-19/h2-5,8-10H,6-7H2,1H3,(H,22,24)(H,23,25)/b5-2+. The van der Waals surface area contributed by atoms with Crippen LogP contribution in [0.1, 0.15) is 12.5 Å². The lowest BCUT2D eigenvalue weighted by Crippen LogP contribution is -2.15. The largest absolute Gasteiger partial charge is 0.486 e. The van der Waals surface area contributed by atoms with Gasteiger partial charge < -0.3 is 20.1 Å². The molecule has 2 amide bonds. The number of carbonyl (C=O) groups excluding carboxylic acids is 2. The van der Waals surface area contributed by atoms with Gasteiger partial charge in [0.1, 0.15) is 13.2 Å². The second-order valence-corrected chi connectivity index (χ2v) is 6.54. The fraction of sp³-hybridized carbons (Fsp3) is 0.158.